The molecule has 0 N–H and O–H groups in total. The van der Waals surface area contributed by atoms with Crippen LogP contribution in [0.25, 0.3) is 0 Å². The minimum Gasteiger partial charge on any atom is -0.0656 e. The molecule has 0 bridgehead atoms. The molecule has 1 heterocycles. The maximum absolute atomic E-state index is 2.72. The molecule has 3 rings (SSSR count). The van der Waals surface area contributed by atoms with E-state index in [-0.39, 0.29) is 0 Å². The van der Waals surface area contributed by atoms with Crippen LogP contribution in [0, 0.1) is 0 Å². The van der Waals surface area contributed by atoms with Crippen LogP contribution >= 0.6 is 0 Å². The summed E-state index contributed by atoms with van der Waals surface area (Å²) in [7, 11) is -8.54. The first-order valence-corrected chi connectivity index (χ1v) is 27.4. The van der Waals surface area contributed by atoms with Crippen molar-refractivity contribution in [1.82, 2.24) is 0 Å². The third-order valence-corrected chi connectivity index (χ3v) is 110. The Bertz CT molecular complexity index is 984. The molecule has 2 aromatic carbocycles. The molecule has 1 aliphatic heterocycles. The molecule has 0 nitrogen and oxygen atoms in total. The van der Waals surface area contributed by atoms with Crippen molar-refractivity contribution in [3.8, 4) is 0 Å². The fraction of sp³-hybridized carbons (Fsp3) is 0.647. The van der Waals surface area contributed by atoms with Gasteiger partial charge in [-0.25, -0.2) is 0 Å². The average molecular weight is 581 g/mol. The molecule has 4 heteroatoms. The Morgan fingerprint density at radius 1 is 0.421 bits per heavy atom. The van der Waals surface area contributed by atoms with Crippen molar-refractivity contribution in [3.63, 3.8) is 0 Å². The van der Waals surface area contributed by atoms with Crippen molar-refractivity contribution in [2.24, 2.45) is 0 Å². The summed E-state index contributed by atoms with van der Waals surface area (Å²) in [5.41, 5.74) is 1.57. The van der Waals surface area contributed by atoms with Crippen LogP contribution in [0.1, 0.15) is 111 Å². The van der Waals surface area contributed by atoms with Gasteiger partial charge in [0.2, 0.25) is 0 Å². The highest BCUT2D eigenvalue weighted by atomic mass is 30.2. The van der Waals surface area contributed by atoms with Crippen LogP contribution in [-0.2, 0) is 0 Å². The van der Waals surface area contributed by atoms with Crippen molar-refractivity contribution in [3.05, 3.63) is 60.7 Å². The first-order chi connectivity index (χ1) is 17.1. The number of benzene rings is 2. The van der Waals surface area contributed by atoms with E-state index in [1.165, 1.54) is 0 Å². The van der Waals surface area contributed by atoms with Crippen molar-refractivity contribution in [1.29, 1.82) is 0 Å². The number of hydrogen-bond acceptors (Lipinski definition) is 0. The zero-order valence-corrected chi connectivity index (χ0v) is 31.9. The molecular weight excluding hydrogens is 521 g/mol. The molecule has 0 spiro atoms. The predicted octanol–water partition coefficient (Wildman–Crippen LogP) is 9.94. The Morgan fingerprint density at radius 2 is 0.658 bits per heavy atom. The standard InChI is InChI=1S/C34H60Si4/c1-27(2)35(28(3)4)37(31(5,6)7,32(8,9)10)36(29-23-19-17-20-24-29,30-25-21-18-22-26-30)38(35,33(11,12)13)34(14,15)16/h17-28H,1-16H3. The van der Waals surface area contributed by atoms with Crippen molar-refractivity contribution in [2.45, 2.75) is 142 Å². The highest BCUT2D eigenvalue weighted by Gasteiger charge is 2.98. The lowest BCUT2D eigenvalue weighted by Gasteiger charge is -2.92. The van der Waals surface area contributed by atoms with Crippen LogP contribution in [0.4, 0.5) is 0 Å². The van der Waals surface area contributed by atoms with E-state index in [0.29, 0.717) is 20.2 Å². The van der Waals surface area contributed by atoms with Crippen LogP contribution in [0.15, 0.2) is 60.7 Å². The minimum absolute atomic E-state index is 0.302. The lowest BCUT2D eigenvalue weighted by Crippen LogP contribution is -3.19. The lowest BCUT2D eigenvalue weighted by atomic mass is 10.2. The molecule has 212 valence electrons. The van der Waals surface area contributed by atoms with E-state index in [1.807, 2.05) is 0 Å². The van der Waals surface area contributed by atoms with Gasteiger partial charge in [-0.3, -0.25) is 0 Å². The summed E-state index contributed by atoms with van der Waals surface area (Å²) in [4.78, 5) is 0. The molecule has 0 amide bonds. The maximum atomic E-state index is 2.72. The van der Waals surface area contributed by atoms with Crippen LogP contribution in [0.3, 0.4) is 0 Å². The summed E-state index contributed by atoms with van der Waals surface area (Å²) >= 11 is 0. The quantitative estimate of drug-likeness (QED) is 0.316. The summed E-state index contributed by atoms with van der Waals surface area (Å²) in [5.74, 6) is 0. The van der Waals surface area contributed by atoms with E-state index >= 15 is 0 Å². The van der Waals surface area contributed by atoms with E-state index < -0.39 is 28.4 Å². The van der Waals surface area contributed by atoms with E-state index in [2.05, 4.69) is 171 Å². The van der Waals surface area contributed by atoms with Crippen molar-refractivity contribution in [2.75, 3.05) is 0 Å². The van der Waals surface area contributed by atoms with Crippen LogP contribution < -0.4 is 10.4 Å². The molecule has 1 fully saturated rings. The van der Waals surface area contributed by atoms with Gasteiger partial charge in [0.1, 0.15) is 7.11 Å². The van der Waals surface area contributed by atoms with Gasteiger partial charge in [-0.05, 0) is 20.2 Å². The van der Waals surface area contributed by atoms with E-state index in [0.717, 1.165) is 11.1 Å². The first kappa shape index (κ1) is 31.8. The van der Waals surface area contributed by atoms with Gasteiger partial charge in [0.25, 0.3) is 0 Å². The van der Waals surface area contributed by atoms with Gasteiger partial charge in [-0.1, -0.05) is 193 Å². The van der Waals surface area contributed by atoms with Gasteiger partial charge < -0.3 is 0 Å². The van der Waals surface area contributed by atoms with E-state index in [1.54, 1.807) is 10.4 Å². The largest absolute Gasteiger partial charge is 0.102 e. The maximum Gasteiger partial charge on any atom is 0.102 e. The Labute approximate surface area is 240 Å². The molecule has 38 heavy (non-hydrogen) atoms. The van der Waals surface area contributed by atoms with E-state index in [9.17, 15) is 0 Å². The van der Waals surface area contributed by atoms with Crippen LogP contribution in [0.5, 0.6) is 0 Å². The highest BCUT2D eigenvalue weighted by molar-refractivity contribution is 8.19. The third-order valence-electron chi connectivity index (χ3n) is 11.1. The Morgan fingerprint density at radius 3 is 0.842 bits per heavy atom. The molecule has 2 aromatic rings. The number of rotatable bonds is 4. The summed E-state index contributed by atoms with van der Waals surface area (Å²) < 4.78 is 0. The van der Waals surface area contributed by atoms with Gasteiger partial charge in [0.05, 0.1) is 14.2 Å². The summed E-state index contributed by atoms with van der Waals surface area (Å²) in [6.07, 6.45) is 0. The topological polar surface area (TPSA) is 0 Å². The molecule has 0 aromatic heterocycles. The Kier molecular flexibility index (Phi) is 7.89. The second-order valence-corrected chi connectivity index (χ2v) is 57.3. The van der Waals surface area contributed by atoms with Crippen LogP contribution in [0.2, 0.25) is 31.2 Å². The average Bonchev–Trinajstić information content (AvgIpc) is 2.70. The third kappa shape index (κ3) is 3.35. The zero-order chi connectivity index (χ0) is 29.4. The summed E-state index contributed by atoms with van der Waals surface area (Å²) in [6, 6.07) is 24.5. The van der Waals surface area contributed by atoms with Gasteiger partial charge in [0, 0.05) is 7.11 Å². The molecular formula is C34H60Si4. The van der Waals surface area contributed by atoms with Gasteiger partial charge in [-0.2, -0.15) is 0 Å². The molecule has 0 saturated carbocycles. The highest BCUT2D eigenvalue weighted by Crippen LogP contribution is 2.81. The number of hydrogen-bond donors (Lipinski definition) is 0. The summed E-state index contributed by atoms with van der Waals surface area (Å²) in [5, 5.41) is 4.77. The lowest BCUT2D eigenvalue weighted by molar-refractivity contribution is 0.615. The predicted molar refractivity (Wildman–Crippen MR) is 184 cm³/mol. The van der Waals surface area contributed by atoms with Crippen LogP contribution in [-0.4, -0.2) is 28.4 Å². The molecule has 0 unspecified atom stereocenters. The molecule has 1 aliphatic rings. The Balaban J connectivity index is 2.98. The summed E-state index contributed by atoms with van der Waals surface area (Å²) in [6.45, 7) is 43.4. The van der Waals surface area contributed by atoms with Gasteiger partial charge >= 0.3 is 0 Å². The van der Waals surface area contributed by atoms with Gasteiger partial charge in [0.15, 0.2) is 0 Å². The minimum atomic E-state index is -2.32. The first-order valence-electron chi connectivity index (χ1n) is 15.2. The van der Waals surface area contributed by atoms with Crippen molar-refractivity contribution < 1.29 is 0 Å². The SMILES string of the molecule is CC(C)[Si]1(C(C)C)[Si](C(C)(C)C)(C(C)(C)C)[Si](c2ccccc2)(c2ccccc2)[Si]1(C(C)(C)C)C(C)(C)C. The zero-order valence-electron chi connectivity index (χ0n) is 27.9. The van der Waals surface area contributed by atoms with Crippen molar-refractivity contribution >= 4 is 38.8 Å². The molecule has 0 aliphatic carbocycles. The van der Waals surface area contributed by atoms with Gasteiger partial charge in [-0.15, -0.1) is 0 Å². The molecule has 1 saturated heterocycles. The Hall–Kier alpha value is -0.692. The monoisotopic (exact) mass is 580 g/mol. The smallest absolute Gasteiger partial charge is 0.0656 e. The second-order valence-electron chi connectivity index (χ2n) is 17.2. The fourth-order valence-electron chi connectivity index (χ4n) is 12.9. The molecule has 0 radical (unpaired) electrons. The normalized spacial score (nSPS) is 20.9. The molecule has 0 atom stereocenters. The second kappa shape index (κ2) is 9.42. The van der Waals surface area contributed by atoms with E-state index in [4.69, 9.17) is 0 Å². The fourth-order valence-corrected chi connectivity index (χ4v) is 184.